The van der Waals surface area contributed by atoms with Gasteiger partial charge >= 0.3 is 0 Å². The van der Waals surface area contributed by atoms with Gasteiger partial charge in [-0.2, -0.15) is 0 Å². The molecule has 9 heteroatoms. The van der Waals surface area contributed by atoms with Gasteiger partial charge in [0, 0.05) is 12.1 Å². The van der Waals surface area contributed by atoms with Gasteiger partial charge in [-0.15, -0.1) is 0 Å². The summed E-state index contributed by atoms with van der Waals surface area (Å²) < 4.78 is 19.8. The van der Waals surface area contributed by atoms with E-state index in [9.17, 15) is 4.79 Å². The Morgan fingerprint density at radius 2 is 1.33 bits per heavy atom. The van der Waals surface area contributed by atoms with Crippen molar-refractivity contribution in [1.29, 1.82) is 0 Å². The van der Waals surface area contributed by atoms with Crippen LogP contribution in [0.15, 0.2) is 116 Å². The van der Waals surface area contributed by atoms with E-state index in [-0.39, 0.29) is 12.5 Å². The first-order valence-corrected chi connectivity index (χ1v) is 14.4. The van der Waals surface area contributed by atoms with Crippen molar-refractivity contribution < 1.29 is 19.0 Å². The summed E-state index contributed by atoms with van der Waals surface area (Å²) in [6.07, 6.45) is 1.41. The number of anilines is 1. The summed E-state index contributed by atoms with van der Waals surface area (Å²) in [5.41, 5.74) is 3.17. The molecule has 6 aromatic rings. The van der Waals surface area contributed by atoms with Crippen molar-refractivity contribution in [2.24, 2.45) is 0 Å². The van der Waals surface area contributed by atoms with E-state index < -0.39 is 5.60 Å². The standard InChI is InChI=1S/C36H32N5O4/c1-4-41-31(39-32-33(37-24-38-34(32)41)40-35(42)25-11-7-5-8-12-25)23-45-36(26-13-9-6-10-14-26,27-15-19-29(43-2)20-16-27)28-17-21-30(44-3)22-18-28/h5-22,24H,1,4,23H2,2-3H3,(H,37,38,40,42). The second kappa shape index (κ2) is 13.0. The number of aromatic nitrogens is 4. The van der Waals surface area contributed by atoms with Crippen LogP contribution in [0.3, 0.4) is 0 Å². The van der Waals surface area contributed by atoms with Crippen LogP contribution in [0, 0.1) is 6.92 Å². The Bertz CT molecular complexity index is 1840. The molecule has 0 unspecified atom stereocenters. The van der Waals surface area contributed by atoms with Gasteiger partial charge in [0.15, 0.2) is 17.0 Å². The Morgan fingerprint density at radius 1 is 0.778 bits per heavy atom. The number of ether oxygens (including phenoxy) is 3. The summed E-state index contributed by atoms with van der Waals surface area (Å²) in [6.45, 7) is 4.55. The highest BCUT2D eigenvalue weighted by Gasteiger charge is 2.38. The first-order chi connectivity index (χ1) is 22.1. The summed E-state index contributed by atoms with van der Waals surface area (Å²) >= 11 is 0. The summed E-state index contributed by atoms with van der Waals surface area (Å²) in [7, 11) is 3.28. The number of carbonyl (C=O) groups excluding carboxylic acids is 1. The third-order valence-electron chi connectivity index (χ3n) is 7.69. The summed E-state index contributed by atoms with van der Waals surface area (Å²) in [5, 5.41) is 2.89. The van der Waals surface area contributed by atoms with Gasteiger partial charge in [0.25, 0.3) is 5.91 Å². The molecule has 0 aliphatic carbocycles. The van der Waals surface area contributed by atoms with Crippen molar-refractivity contribution in [2.75, 3.05) is 19.5 Å². The first-order valence-electron chi connectivity index (χ1n) is 14.4. The lowest BCUT2D eigenvalue weighted by atomic mass is 9.80. The smallest absolute Gasteiger partial charge is 0.256 e. The molecule has 0 aliphatic rings. The van der Waals surface area contributed by atoms with Crippen molar-refractivity contribution in [2.45, 2.75) is 18.8 Å². The Balaban J connectivity index is 1.45. The molecule has 2 heterocycles. The van der Waals surface area contributed by atoms with Crippen LogP contribution in [0.1, 0.15) is 32.9 Å². The van der Waals surface area contributed by atoms with Crippen LogP contribution < -0.4 is 14.8 Å². The minimum atomic E-state index is -1.04. The highest BCUT2D eigenvalue weighted by atomic mass is 16.5. The molecule has 225 valence electrons. The Morgan fingerprint density at radius 3 is 1.89 bits per heavy atom. The van der Waals surface area contributed by atoms with Crippen LogP contribution >= 0.6 is 0 Å². The van der Waals surface area contributed by atoms with Crippen LogP contribution in [0.25, 0.3) is 11.2 Å². The van der Waals surface area contributed by atoms with Crippen LogP contribution in [0.4, 0.5) is 5.82 Å². The molecule has 0 saturated heterocycles. The van der Waals surface area contributed by atoms with E-state index >= 15 is 0 Å². The van der Waals surface area contributed by atoms with Crippen LogP contribution in [-0.4, -0.2) is 39.6 Å². The maximum Gasteiger partial charge on any atom is 0.256 e. The van der Waals surface area contributed by atoms with Gasteiger partial charge in [-0.25, -0.2) is 15.0 Å². The molecule has 0 fully saturated rings. The van der Waals surface area contributed by atoms with E-state index in [1.54, 1.807) is 26.4 Å². The monoisotopic (exact) mass is 598 g/mol. The lowest BCUT2D eigenvalue weighted by Crippen LogP contribution is -2.33. The predicted octanol–water partition coefficient (Wildman–Crippen LogP) is 6.44. The topological polar surface area (TPSA) is 100 Å². The summed E-state index contributed by atoms with van der Waals surface area (Å²) in [4.78, 5) is 26.7. The van der Waals surface area contributed by atoms with Crippen molar-refractivity contribution in [3.05, 3.63) is 151 Å². The van der Waals surface area contributed by atoms with Gasteiger partial charge < -0.3 is 24.1 Å². The Labute approximate surface area is 261 Å². The normalized spacial score (nSPS) is 11.4. The Hall–Kier alpha value is -5.54. The van der Waals surface area contributed by atoms with Crippen LogP contribution in [0.2, 0.25) is 0 Å². The third-order valence-corrected chi connectivity index (χ3v) is 7.69. The molecule has 0 spiro atoms. The quantitative estimate of drug-likeness (QED) is 0.171. The lowest BCUT2D eigenvalue weighted by molar-refractivity contribution is -0.00422. The SMILES string of the molecule is [CH2]Cn1c(COC(c2ccccc2)(c2ccc(OC)cc2)c2ccc(OC)cc2)nc2c(NC(=O)c3ccccc3)ncnc21. The van der Waals surface area contributed by atoms with E-state index in [1.807, 2.05) is 102 Å². The van der Waals surface area contributed by atoms with Crippen molar-refractivity contribution >= 4 is 22.9 Å². The number of benzene rings is 4. The number of nitrogens with one attached hydrogen (secondary N) is 1. The summed E-state index contributed by atoms with van der Waals surface area (Å²) in [6, 6.07) is 34.7. The van der Waals surface area contributed by atoms with Gasteiger partial charge in [0.05, 0.1) is 14.2 Å². The minimum absolute atomic E-state index is 0.0882. The number of imidazole rings is 1. The molecule has 0 aliphatic heterocycles. The fourth-order valence-electron chi connectivity index (χ4n) is 5.43. The highest BCUT2D eigenvalue weighted by Crippen LogP contribution is 2.42. The fourth-order valence-corrected chi connectivity index (χ4v) is 5.43. The number of methoxy groups -OCH3 is 2. The van der Waals surface area contributed by atoms with E-state index in [0.717, 1.165) is 28.2 Å². The molecule has 4 aromatic carbocycles. The molecule has 2 aromatic heterocycles. The number of carbonyl (C=O) groups is 1. The van der Waals surface area contributed by atoms with Crippen LogP contribution in [-0.2, 0) is 23.5 Å². The van der Waals surface area contributed by atoms with E-state index in [4.69, 9.17) is 19.2 Å². The average molecular weight is 599 g/mol. The molecule has 9 nitrogen and oxygen atoms in total. The van der Waals surface area contributed by atoms with Gasteiger partial charge in [0.1, 0.15) is 35.9 Å². The zero-order valence-electron chi connectivity index (χ0n) is 25.0. The molecule has 1 N–H and O–H groups in total. The molecule has 45 heavy (non-hydrogen) atoms. The van der Waals surface area contributed by atoms with Gasteiger partial charge in [-0.3, -0.25) is 4.79 Å². The molecule has 6 rings (SSSR count). The summed E-state index contributed by atoms with van der Waals surface area (Å²) in [5.74, 6) is 2.07. The third kappa shape index (κ3) is 5.73. The maximum absolute atomic E-state index is 13.0. The Kier molecular flexibility index (Phi) is 8.52. The molecule has 0 saturated carbocycles. The van der Waals surface area contributed by atoms with Crippen molar-refractivity contribution in [3.63, 3.8) is 0 Å². The number of fused-ring (bicyclic) bond motifs is 1. The lowest BCUT2D eigenvalue weighted by Gasteiger charge is -2.36. The number of hydrogen-bond donors (Lipinski definition) is 1. The molecular formula is C36H32N5O4. The minimum Gasteiger partial charge on any atom is -0.497 e. The second-order valence-electron chi connectivity index (χ2n) is 10.2. The second-order valence-corrected chi connectivity index (χ2v) is 10.2. The number of amides is 1. The van der Waals surface area contributed by atoms with E-state index in [0.29, 0.717) is 34.9 Å². The fraction of sp³-hybridized carbons (Fsp3) is 0.139. The maximum atomic E-state index is 13.0. The van der Waals surface area contributed by atoms with Gasteiger partial charge in [-0.05, 0) is 60.0 Å². The largest absolute Gasteiger partial charge is 0.497 e. The van der Waals surface area contributed by atoms with Gasteiger partial charge in [-0.1, -0.05) is 72.8 Å². The van der Waals surface area contributed by atoms with Gasteiger partial charge in [0.2, 0.25) is 0 Å². The van der Waals surface area contributed by atoms with Crippen LogP contribution in [0.5, 0.6) is 11.5 Å². The highest BCUT2D eigenvalue weighted by molar-refractivity contribution is 6.06. The number of nitrogens with zero attached hydrogens (tertiary/aromatic N) is 4. The molecule has 1 amide bonds. The number of rotatable bonds is 11. The molecule has 0 atom stereocenters. The number of hydrogen-bond acceptors (Lipinski definition) is 7. The zero-order valence-corrected chi connectivity index (χ0v) is 25.0. The van der Waals surface area contributed by atoms with Crippen molar-refractivity contribution in [1.82, 2.24) is 19.5 Å². The average Bonchev–Trinajstić information content (AvgIpc) is 3.48. The first kappa shape index (κ1) is 29.5. The van der Waals surface area contributed by atoms with E-state index in [2.05, 4.69) is 22.2 Å². The molecule has 0 bridgehead atoms. The zero-order chi connectivity index (χ0) is 31.2. The molecular weight excluding hydrogens is 566 g/mol. The predicted molar refractivity (Wildman–Crippen MR) is 172 cm³/mol. The van der Waals surface area contributed by atoms with Crippen molar-refractivity contribution in [3.8, 4) is 11.5 Å². The molecule has 1 radical (unpaired) electrons. The van der Waals surface area contributed by atoms with E-state index in [1.165, 1.54) is 6.33 Å².